The summed E-state index contributed by atoms with van der Waals surface area (Å²) in [4.78, 5) is 30.1. The van der Waals surface area contributed by atoms with E-state index in [0.29, 0.717) is 33.2 Å². The number of nitrogens with zero attached hydrogens (tertiary/aromatic N) is 3. The van der Waals surface area contributed by atoms with Crippen molar-refractivity contribution in [1.29, 1.82) is 0 Å². The second kappa shape index (κ2) is 8.04. The molecule has 0 unspecified atom stereocenters. The number of anilines is 1. The van der Waals surface area contributed by atoms with E-state index in [1.807, 2.05) is 31.2 Å². The first-order valence-corrected chi connectivity index (χ1v) is 9.62. The molecule has 2 heterocycles. The van der Waals surface area contributed by atoms with Crippen molar-refractivity contribution in [3.8, 4) is 11.4 Å². The van der Waals surface area contributed by atoms with Gasteiger partial charge < -0.3 is 10.1 Å². The number of methoxy groups -OCH3 is 1. The monoisotopic (exact) mass is 422 g/mol. The second-order valence-corrected chi connectivity index (χ2v) is 7.19. The summed E-state index contributed by atoms with van der Waals surface area (Å²) < 4.78 is 8.17. The van der Waals surface area contributed by atoms with Crippen molar-refractivity contribution in [3.05, 3.63) is 81.7 Å². The molecule has 152 valence electrons. The SMILES string of the molecule is COc1ccc(NC(=O)Cn2c3ncccc3c(=O)n2-c2ccc(C)cc2)cc1Cl. The molecule has 0 aliphatic carbocycles. The van der Waals surface area contributed by atoms with E-state index in [-0.39, 0.29) is 18.0 Å². The minimum Gasteiger partial charge on any atom is -0.495 e. The first-order valence-electron chi connectivity index (χ1n) is 9.25. The topological polar surface area (TPSA) is 78.2 Å². The Morgan fingerprint density at radius 1 is 1.17 bits per heavy atom. The molecule has 0 saturated heterocycles. The van der Waals surface area contributed by atoms with Crippen molar-refractivity contribution < 1.29 is 9.53 Å². The Balaban J connectivity index is 1.72. The fourth-order valence-electron chi connectivity index (χ4n) is 3.26. The summed E-state index contributed by atoms with van der Waals surface area (Å²) in [6.45, 7) is 1.87. The summed E-state index contributed by atoms with van der Waals surface area (Å²) in [6.07, 6.45) is 1.60. The number of hydrogen-bond donors (Lipinski definition) is 1. The van der Waals surface area contributed by atoms with E-state index in [1.54, 1.807) is 41.2 Å². The quantitative estimate of drug-likeness (QED) is 0.530. The van der Waals surface area contributed by atoms with Crippen molar-refractivity contribution in [2.45, 2.75) is 13.5 Å². The summed E-state index contributed by atoms with van der Waals surface area (Å²) in [7, 11) is 1.52. The highest BCUT2D eigenvalue weighted by Crippen LogP contribution is 2.27. The Labute approximate surface area is 177 Å². The maximum Gasteiger partial charge on any atom is 0.280 e. The van der Waals surface area contributed by atoms with Crippen LogP contribution in [0.5, 0.6) is 5.75 Å². The third kappa shape index (κ3) is 3.67. The molecule has 1 amide bonds. The zero-order chi connectivity index (χ0) is 21.3. The number of halogens is 1. The standard InChI is InChI=1S/C22H19ClN4O3/c1-14-5-8-16(9-6-14)27-22(29)17-4-3-11-24-21(17)26(27)13-20(28)25-15-7-10-19(30-2)18(23)12-15/h3-12H,13H2,1-2H3,(H,25,28). The van der Waals surface area contributed by atoms with Crippen molar-refractivity contribution in [2.75, 3.05) is 12.4 Å². The molecule has 0 spiro atoms. The number of carbonyl (C=O) groups is 1. The van der Waals surface area contributed by atoms with Gasteiger partial charge in [-0.1, -0.05) is 29.3 Å². The molecule has 1 N–H and O–H groups in total. The molecule has 30 heavy (non-hydrogen) atoms. The molecule has 2 aromatic heterocycles. The number of ether oxygens (including phenoxy) is 1. The molecule has 0 atom stereocenters. The van der Waals surface area contributed by atoms with Crippen molar-refractivity contribution in [1.82, 2.24) is 14.3 Å². The first kappa shape index (κ1) is 19.7. The van der Waals surface area contributed by atoms with Crippen LogP contribution in [-0.4, -0.2) is 27.4 Å². The number of pyridine rings is 1. The van der Waals surface area contributed by atoms with E-state index >= 15 is 0 Å². The van der Waals surface area contributed by atoms with Crippen LogP contribution in [0.1, 0.15) is 5.56 Å². The third-order valence-electron chi connectivity index (χ3n) is 4.70. The zero-order valence-corrected chi connectivity index (χ0v) is 17.2. The van der Waals surface area contributed by atoms with Gasteiger partial charge in [-0.25, -0.2) is 9.67 Å². The minimum absolute atomic E-state index is 0.104. The number of carbonyl (C=O) groups excluding carboxylic acids is 1. The average Bonchev–Trinajstić information content (AvgIpc) is 3.01. The van der Waals surface area contributed by atoms with E-state index < -0.39 is 0 Å². The van der Waals surface area contributed by atoms with E-state index in [1.165, 1.54) is 11.8 Å². The molecule has 0 saturated carbocycles. The normalized spacial score (nSPS) is 10.9. The molecule has 4 rings (SSSR count). The minimum atomic E-state index is -0.320. The lowest BCUT2D eigenvalue weighted by Gasteiger charge is -2.13. The molecule has 0 fully saturated rings. The summed E-state index contributed by atoms with van der Waals surface area (Å²) in [5.41, 5.74) is 2.46. The highest BCUT2D eigenvalue weighted by molar-refractivity contribution is 6.32. The lowest BCUT2D eigenvalue weighted by atomic mass is 10.2. The van der Waals surface area contributed by atoms with Crippen LogP contribution in [0, 0.1) is 6.92 Å². The number of aryl methyl sites for hydroxylation is 1. The van der Waals surface area contributed by atoms with Crippen molar-refractivity contribution in [2.24, 2.45) is 0 Å². The van der Waals surface area contributed by atoms with Crippen LogP contribution in [0.2, 0.25) is 5.02 Å². The lowest BCUT2D eigenvalue weighted by molar-refractivity contribution is -0.116. The molecular formula is C22H19ClN4O3. The van der Waals surface area contributed by atoms with Crippen LogP contribution in [0.25, 0.3) is 16.7 Å². The van der Waals surface area contributed by atoms with Crippen molar-refractivity contribution in [3.63, 3.8) is 0 Å². The summed E-state index contributed by atoms with van der Waals surface area (Å²) in [6, 6.07) is 15.9. The average molecular weight is 423 g/mol. The Bertz CT molecular complexity index is 1290. The fourth-order valence-corrected chi connectivity index (χ4v) is 3.51. The molecular weight excluding hydrogens is 404 g/mol. The number of nitrogens with one attached hydrogen (secondary N) is 1. The molecule has 0 bridgehead atoms. The fraction of sp³-hybridized carbons (Fsp3) is 0.136. The lowest BCUT2D eigenvalue weighted by Crippen LogP contribution is -2.27. The zero-order valence-electron chi connectivity index (χ0n) is 16.4. The third-order valence-corrected chi connectivity index (χ3v) is 5.00. The molecule has 4 aromatic rings. The maximum absolute atomic E-state index is 13.0. The molecule has 0 aliphatic rings. The summed E-state index contributed by atoms with van der Waals surface area (Å²) in [5, 5.41) is 3.63. The van der Waals surface area contributed by atoms with Gasteiger partial charge in [-0.3, -0.25) is 14.3 Å². The Kier molecular flexibility index (Phi) is 5.29. The Hall–Kier alpha value is -3.58. The maximum atomic E-state index is 13.0. The molecule has 2 aromatic carbocycles. The summed E-state index contributed by atoms with van der Waals surface area (Å²) >= 11 is 6.14. The molecule has 7 nitrogen and oxygen atoms in total. The van der Waals surface area contributed by atoms with Gasteiger partial charge in [0, 0.05) is 11.9 Å². The van der Waals surface area contributed by atoms with Crippen LogP contribution < -0.4 is 15.6 Å². The number of hydrogen-bond acceptors (Lipinski definition) is 4. The van der Waals surface area contributed by atoms with E-state index in [2.05, 4.69) is 10.3 Å². The van der Waals surface area contributed by atoms with Gasteiger partial charge in [-0.2, -0.15) is 0 Å². The predicted molar refractivity (Wildman–Crippen MR) is 117 cm³/mol. The van der Waals surface area contributed by atoms with Gasteiger partial charge in [0.2, 0.25) is 5.91 Å². The van der Waals surface area contributed by atoms with Gasteiger partial charge in [0.1, 0.15) is 12.3 Å². The van der Waals surface area contributed by atoms with Crippen molar-refractivity contribution >= 4 is 34.2 Å². The highest BCUT2D eigenvalue weighted by Gasteiger charge is 2.18. The summed E-state index contributed by atoms with van der Waals surface area (Å²) in [5.74, 6) is 0.197. The second-order valence-electron chi connectivity index (χ2n) is 6.78. The molecule has 0 aliphatic heterocycles. The number of benzene rings is 2. The molecule has 0 radical (unpaired) electrons. The van der Waals surface area contributed by atoms with Gasteiger partial charge in [0.15, 0.2) is 5.65 Å². The predicted octanol–water partition coefficient (Wildman–Crippen LogP) is 3.80. The Morgan fingerprint density at radius 2 is 1.93 bits per heavy atom. The van der Waals surface area contributed by atoms with E-state index in [0.717, 1.165) is 5.56 Å². The van der Waals surface area contributed by atoms with Gasteiger partial charge >= 0.3 is 0 Å². The largest absolute Gasteiger partial charge is 0.495 e. The van der Waals surface area contributed by atoms with Gasteiger partial charge in [-0.05, 0) is 49.4 Å². The van der Waals surface area contributed by atoms with Crippen LogP contribution >= 0.6 is 11.6 Å². The number of fused-ring (bicyclic) bond motifs is 1. The highest BCUT2D eigenvalue weighted by atomic mass is 35.5. The van der Waals surface area contributed by atoms with Crippen LogP contribution in [-0.2, 0) is 11.3 Å². The smallest absolute Gasteiger partial charge is 0.280 e. The molecule has 8 heteroatoms. The van der Waals surface area contributed by atoms with Gasteiger partial charge in [0.25, 0.3) is 5.56 Å². The van der Waals surface area contributed by atoms with E-state index in [4.69, 9.17) is 16.3 Å². The number of aromatic nitrogens is 3. The van der Waals surface area contributed by atoms with Crippen LogP contribution in [0.4, 0.5) is 5.69 Å². The van der Waals surface area contributed by atoms with Crippen LogP contribution in [0.3, 0.4) is 0 Å². The van der Waals surface area contributed by atoms with Gasteiger partial charge in [-0.15, -0.1) is 0 Å². The van der Waals surface area contributed by atoms with E-state index in [9.17, 15) is 9.59 Å². The number of amides is 1. The first-order chi connectivity index (χ1) is 14.5. The number of rotatable bonds is 5. The Morgan fingerprint density at radius 3 is 2.63 bits per heavy atom. The van der Waals surface area contributed by atoms with Crippen LogP contribution in [0.15, 0.2) is 65.6 Å². The van der Waals surface area contributed by atoms with Gasteiger partial charge in [0.05, 0.1) is 23.2 Å².